The lowest BCUT2D eigenvalue weighted by molar-refractivity contribution is 0.842. The summed E-state index contributed by atoms with van der Waals surface area (Å²) in [5.74, 6) is 3.35. The number of nitrogens with one attached hydrogen (secondary N) is 1. The van der Waals surface area contributed by atoms with E-state index in [9.17, 15) is 0 Å². The van der Waals surface area contributed by atoms with Crippen LogP contribution in [0.4, 0.5) is 5.82 Å². The lowest BCUT2D eigenvalue weighted by atomic mass is 10.2. The van der Waals surface area contributed by atoms with Gasteiger partial charge in [-0.05, 0) is 18.6 Å². The monoisotopic (exact) mass is 161 g/mol. The molecular weight excluding hydrogens is 150 g/mol. The molecule has 0 aliphatic rings. The Hall–Kier alpha value is -1.56. The van der Waals surface area contributed by atoms with E-state index in [0.717, 1.165) is 12.2 Å². The quantitative estimate of drug-likeness (QED) is 0.679. The first-order chi connectivity index (χ1) is 5.86. The molecule has 0 bridgehead atoms. The average Bonchev–Trinajstić information content (AvgIpc) is 2.16. The highest BCUT2D eigenvalue weighted by molar-refractivity contribution is 5.35. The molecule has 1 N–H and O–H groups in total. The van der Waals surface area contributed by atoms with Crippen molar-refractivity contribution in [1.29, 1.82) is 0 Å². The Kier molecular flexibility index (Phi) is 3.09. The van der Waals surface area contributed by atoms with Crippen molar-refractivity contribution in [2.24, 2.45) is 0 Å². The first-order valence-corrected chi connectivity index (χ1v) is 3.87. The third-order valence-corrected chi connectivity index (χ3v) is 1.50. The van der Waals surface area contributed by atoms with Crippen LogP contribution in [0.1, 0.15) is 13.3 Å². The fourth-order valence-electron chi connectivity index (χ4n) is 0.819. The first-order valence-electron chi connectivity index (χ1n) is 3.87. The molecule has 1 rings (SSSR count). The van der Waals surface area contributed by atoms with Gasteiger partial charge in [0.15, 0.2) is 0 Å². The number of hydrogen-bond donors (Lipinski definition) is 1. The van der Waals surface area contributed by atoms with Gasteiger partial charge < -0.3 is 5.32 Å². The van der Waals surface area contributed by atoms with Crippen molar-refractivity contribution in [3.05, 3.63) is 18.3 Å². The average molecular weight is 161 g/mol. The van der Waals surface area contributed by atoms with Crippen LogP contribution in [-0.4, -0.2) is 16.2 Å². The van der Waals surface area contributed by atoms with Crippen molar-refractivity contribution in [2.45, 2.75) is 19.4 Å². The summed E-state index contributed by atoms with van der Waals surface area (Å²) in [6.07, 6.45) is 7.78. The SMILES string of the molecule is C#CC(CC)Nc1cccnn1. The van der Waals surface area contributed by atoms with Crippen LogP contribution < -0.4 is 5.32 Å². The van der Waals surface area contributed by atoms with Crippen LogP contribution in [-0.2, 0) is 0 Å². The molecule has 0 aliphatic carbocycles. The summed E-state index contributed by atoms with van der Waals surface area (Å²) >= 11 is 0. The third kappa shape index (κ3) is 2.24. The van der Waals surface area contributed by atoms with Gasteiger partial charge in [-0.15, -0.1) is 11.5 Å². The Bertz CT molecular complexity index is 263. The van der Waals surface area contributed by atoms with Gasteiger partial charge in [0.05, 0.1) is 6.04 Å². The molecule has 1 atom stereocenters. The third-order valence-electron chi connectivity index (χ3n) is 1.50. The normalized spacial score (nSPS) is 11.7. The van der Waals surface area contributed by atoms with Crippen LogP contribution in [0, 0.1) is 12.3 Å². The molecule has 0 aromatic carbocycles. The Morgan fingerprint density at radius 1 is 1.75 bits per heavy atom. The van der Waals surface area contributed by atoms with Crippen LogP contribution in [0.5, 0.6) is 0 Å². The molecule has 1 aromatic rings. The minimum absolute atomic E-state index is 0.0432. The van der Waals surface area contributed by atoms with Gasteiger partial charge in [0.2, 0.25) is 0 Å². The number of terminal acetylenes is 1. The minimum atomic E-state index is 0.0432. The maximum atomic E-state index is 5.27. The zero-order valence-electron chi connectivity index (χ0n) is 6.99. The fraction of sp³-hybridized carbons (Fsp3) is 0.333. The van der Waals surface area contributed by atoms with Crippen molar-refractivity contribution in [3.8, 4) is 12.3 Å². The van der Waals surface area contributed by atoms with Gasteiger partial charge in [0, 0.05) is 6.20 Å². The molecule has 0 spiro atoms. The smallest absolute Gasteiger partial charge is 0.149 e. The fourth-order valence-corrected chi connectivity index (χ4v) is 0.819. The van der Waals surface area contributed by atoms with E-state index in [-0.39, 0.29) is 6.04 Å². The lowest BCUT2D eigenvalue weighted by Crippen LogP contribution is -2.16. The van der Waals surface area contributed by atoms with E-state index in [1.807, 2.05) is 19.1 Å². The maximum absolute atomic E-state index is 5.27. The van der Waals surface area contributed by atoms with Gasteiger partial charge in [-0.1, -0.05) is 12.8 Å². The summed E-state index contributed by atoms with van der Waals surface area (Å²) in [4.78, 5) is 0. The second-order valence-electron chi connectivity index (χ2n) is 2.38. The summed E-state index contributed by atoms with van der Waals surface area (Å²) in [6, 6.07) is 3.70. The van der Waals surface area contributed by atoms with Crippen molar-refractivity contribution in [1.82, 2.24) is 10.2 Å². The molecule has 3 nitrogen and oxygen atoms in total. The number of rotatable bonds is 3. The van der Waals surface area contributed by atoms with E-state index in [1.54, 1.807) is 6.20 Å². The van der Waals surface area contributed by atoms with Gasteiger partial charge >= 0.3 is 0 Å². The zero-order valence-corrected chi connectivity index (χ0v) is 6.99. The Labute approximate surface area is 72.2 Å². The van der Waals surface area contributed by atoms with E-state index in [0.29, 0.717) is 0 Å². The largest absolute Gasteiger partial charge is 0.355 e. The van der Waals surface area contributed by atoms with Crippen molar-refractivity contribution < 1.29 is 0 Å². The molecule has 1 heterocycles. The molecule has 0 aliphatic heterocycles. The Morgan fingerprint density at radius 3 is 3.08 bits per heavy atom. The zero-order chi connectivity index (χ0) is 8.81. The van der Waals surface area contributed by atoms with Crippen LogP contribution in [0.25, 0.3) is 0 Å². The summed E-state index contributed by atoms with van der Waals surface area (Å²) in [6.45, 7) is 2.02. The van der Waals surface area contributed by atoms with Gasteiger partial charge in [-0.2, -0.15) is 5.10 Å². The Morgan fingerprint density at radius 2 is 2.58 bits per heavy atom. The summed E-state index contributed by atoms with van der Waals surface area (Å²) in [7, 11) is 0. The second kappa shape index (κ2) is 4.35. The van der Waals surface area contributed by atoms with Crippen LogP contribution >= 0.6 is 0 Å². The first kappa shape index (κ1) is 8.54. The van der Waals surface area contributed by atoms with E-state index in [4.69, 9.17) is 6.42 Å². The van der Waals surface area contributed by atoms with E-state index in [2.05, 4.69) is 21.4 Å². The number of aromatic nitrogens is 2. The highest BCUT2D eigenvalue weighted by Crippen LogP contribution is 2.02. The second-order valence-corrected chi connectivity index (χ2v) is 2.38. The molecule has 0 saturated heterocycles. The van der Waals surface area contributed by atoms with E-state index < -0.39 is 0 Å². The van der Waals surface area contributed by atoms with Crippen molar-refractivity contribution in [3.63, 3.8) is 0 Å². The molecule has 1 unspecified atom stereocenters. The number of hydrogen-bond acceptors (Lipinski definition) is 3. The highest BCUT2D eigenvalue weighted by atomic mass is 15.2. The van der Waals surface area contributed by atoms with Crippen molar-refractivity contribution >= 4 is 5.82 Å². The van der Waals surface area contributed by atoms with Gasteiger partial charge in [-0.25, -0.2) is 0 Å². The van der Waals surface area contributed by atoms with Crippen LogP contribution in [0.2, 0.25) is 0 Å². The highest BCUT2D eigenvalue weighted by Gasteiger charge is 2.00. The number of anilines is 1. The Balaban J connectivity index is 2.58. The minimum Gasteiger partial charge on any atom is -0.355 e. The molecule has 0 fully saturated rings. The molecule has 12 heavy (non-hydrogen) atoms. The lowest BCUT2D eigenvalue weighted by Gasteiger charge is -2.09. The van der Waals surface area contributed by atoms with E-state index in [1.165, 1.54) is 0 Å². The van der Waals surface area contributed by atoms with Crippen LogP contribution in [0.15, 0.2) is 18.3 Å². The molecule has 0 saturated carbocycles. The number of nitrogens with zero attached hydrogens (tertiary/aromatic N) is 2. The molecular formula is C9H11N3. The molecule has 1 aromatic heterocycles. The summed E-state index contributed by atoms with van der Waals surface area (Å²) in [5, 5.41) is 10.7. The summed E-state index contributed by atoms with van der Waals surface area (Å²) in [5.41, 5.74) is 0. The van der Waals surface area contributed by atoms with Gasteiger partial charge in [0.1, 0.15) is 5.82 Å². The van der Waals surface area contributed by atoms with Gasteiger partial charge in [-0.3, -0.25) is 0 Å². The maximum Gasteiger partial charge on any atom is 0.149 e. The summed E-state index contributed by atoms with van der Waals surface area (Å²) < 4.78 is 0. The van der Waals surface area contributed by atoms with Crippen molar-refractivity contribution in [2.75, 3.05) is 5.32 Å². The standard InChI is InChI=1S/C9H11N3/c1-3-8(4-2)11-9-6-5-7-10-12-9/h1,5-8H,4H2,2H3,(H,11,12). The van der Waals surface area contributed by atoms with Crippen LogP contribution in [0.3, 0.4) is 0 Å². The topological polar surface area (TPSA) is 37.8 Å². The predicted octanol–water partition coefficient (Wildman–Crippen LogP) is 1.30. The molecule has 0 amide bonds. The van der Waals surface area contributed by atoms with Gasteiger partial charge in [0.25, 0.3) is 0 Å². The predicted molar refractivity (Wildman–Crippen MR) is 48.6 cm³/mol. The van der Waals surface area contributed by atoms with E-state index >= 15 is 0 Å². The molecule has 62 valence electrons. The molecule has 0 radical (unpaired) electrons. The molecule has 3 heteroatoms.